The molecule has 0 radical (unpaired) electrons. The van der Waals surface area contributed by atoms with Crippen LogP contribution in [0.25, 0.3) is 0 Å². The number of likely N-dealkylation sites (tertiary alicyclic amines) is 1. The molecular weight excluding hydrogens is 503 g/mol. The van der Waals surface area contributed by atoms with E-state index >= 15 is 0 Å². The summed E-state index contributed by atoms with van der Waals surface area (Å²) in [4.78, 5) is 19.8. The normalized spacial score (nSPS) is 21.7. The van der Waals surface area contributed by atoms with Gasteiger partial charge in [-0.15, -0.1) is 0 Å². The summed E-state index contributed by atoms with van der Waals surface area (Å²) in [6.07, 6.45) is -2.23. The smallest absolute Gasteiger partial charge is 0.416 e. The Morgan fingerprint density at radius 3 is 2.41 bits per heavy atom. The Hall–Kier alpha value is -2.29. The number of aryl methyl sites for hydroxylation is 1. The molecule has 2 aromatic carbocycles. The minimum atomic E-state index is -4.35. The Balaban J connectivity index is 1.48. The maximum atomic E-state index is 13.4. The number of halogens is 4. The molecule has 2 aromatic rings. The number of carbonyl (C=O) groups excluding carboxylic acids is 1. The summed E-state index contributed by atoms with van der Waals surface area (Å²) in [5.74, 6) is 0.855. The topological polar surface area (TPSA) is 36.0 Å². The molecule has 9 heteroatoms. The minimum absolute atomic E-state index is 0.139. The van der Waals surface area contributed by atoms with Crippen LogP contribution >= 0.6 is 11.6 Å². The molecule has 2 fully saturated rings. The van der Waals surface area contributed by atoms with Crippen LogP contribution in [0.1, 0.15) is 36.0 Å². The highest BCUT2D eigenvalue weighted by Gasteiger charge is 2.40. The largest absolute Gasteiger partial charge is 0.493 e. The monoisotopic (exact) mass is 537 g/mol. The second-order valence-corrected chi connectivity index (χ2v) is 11.0. The Morgan fingerprint density at radius 1 is 1.05 bits per heavy atom. The van der Waals surface area contributed by atoms with E-state index in [9.17, 15) is 18.0 Å². The van der Waals surface area contributed by atoms with Crippen LogP contribution in [0.4, 0.5) is 13.2 Å². The first kappa shape index (κ1) is 27.7. The fraction of sp³-hybridized carbons (Fsp3) is 0.536. The van der Waals surface area contributed by atoms with Crippen molar-refractivity contribution in [3.8, 4) is 5.75 Å². The minimum Gasteiger partial charge on any atom is -0.493 e. The number of likely N-dealkylation sites (N-methyl/N-ethyl adjacent to an activating group) is 1. The van der Waals surface area contributed by atoms with E-state index in [-0.39, 0.29) is 5.91 Å². The lowest BCUT2D eigenvalue weighted by molar-refractivity contribution is -0.138. The van der Waals surface area contributed by atoms with Gasteiger partial charge >= 0.3 is 6.18 Å². The summed E-state index contributed by atoms with van der Waals surface area (Å²) in [6.45, 7) is 7.47. The van der Waals surface area contributed by atoms with Crippen molar-refractivity contribution in [1.29, 1.82) is 0 Å². The van der Waals surface area contributed by atoms with Gasteiger partial charge in [0.15, 0.2) is 0 Å². The van der Waals surface area contributed by atoms with Crippen molar-refractivity contribution in [3.05, 3.63) is 64.2 Å². The first-order valence-electron chi connectivity index (χ1n) is 12.8. The number of rotatable bonds is 7. The Labute approximate surface area is 222 Å². The Kier molecular flexibility index (Phi) is 8.71. The number of benzene rings is 2. The molecule has 5 nitrogen and oxygen atoms in total. The fourth-order valence-corrected chi connectivity index (χ4v) is 5.36. The van der Waals surface area contributed by atoms with Crippen LogP contribution in [-0.4, -0.2) is 73.5 Å². The average molecular weight is 538 g/mol. The molecule has 1 unspecified atom stereocenters. The number of ether oxygens (including phenoxy) is 1. The van der Waals surface area contributed by atoms with Crippen molar-refractivity contribution in [3.63, 3.8) is 0 Å². The summed E-state index contributed by atoms with van der Waals surface area (Å²) in [5, 5.41) is 0.674. The molecule has 2 aliphatic rings. The first-order valence-corrected chi connectivity index (χ1v) is 13.1. The van der Waals surface area contributed by atoms with E-state index in [0.29, 0.717) is 36.9 Å². The van der Waals surface area contributed by atoms with Gasteiger partial charge in [-0.2, -0.15) is 13.2 Å². The molecule has 0 spiro atoms. The highest BCUT2D eigenvalue weighted by molar-refractivity contribution is 6.31. The van der Waals surface area contributed by atoms with E-state index in [4.69, 9.17) is 16.3 Å². The summed E-state index contributed by atoms with van der Waals surface area (Å²) < 4.78 is 45.2. The molecule has 1 amide bonds. The van der Waals surface area contributed by atoms with Crippen LogP contribution in [0.15, 0.2) is 42.5 Å². The molecule has 37 heavy (non-hydrogen) atoms. The molecule has 0 aromatic heterocycles. The van der Waals surface area contributed by atoms with Crippen molar-refractivity contribution in [1.82, 2.24) is 14.7 Å². The lowest BCUT2D eigenvalue weighted by Crippen LogP contribution is -2.52. The average Bonchev–Trinajstić information content (AvgIpc) is 2.85. The summed E-state index contributed by atoms with van der Waals surface area (Å²) in [7, 11) is 2.06. The summed E-state index contributed by atoms with van der Waals surface area (Å²) >= 11 is 6.17. The molecule has 202 valence electrons. The Bertz CT molecular complexity index is 1070. The van der Waals surface area contributed by atoms with Gasteiger partial charge in [-0.25, -0.2) is 0 Å². The summed E-state index contributed by atoms with van der Waals surface area (Å²) in [5.41, 5.74) is 0.712. The van der Waals surface area contributed by atoms with Crippen LogP contribution in [0, 0.1) is 12.3 Å². The number of alkyl halides is 3. The molecule has 2 saturated heterocycles. The molecule has 2 aliphatic heterocycles. The van der Waals surface area contributed by atoms with E-state index in [2.05, 4.69) is 16.8 Å². The summed E-state index contributed by atoms with van der Waals surface area (Å²) in [6, 6.07) is 10.9. The molecule has 0 N–H and O–H groups in total. The van der Waals surface area contributed by atoms with Crippen molar-refractivity contribution in [2.75, 3.05) is 52.9 Å². The quantitative estimate of drug-likeness (QED) is 0.468. The first-order chi connectivity index (χ1) is 17.5. The van der Waals surface area contributed by atoms with Crippen molar-refractivity contribution in [2.24, 2.45) is 5.41 Å². The van der Waals surface area contributed by atoms with Gasteiger partial charge < -0.3 is 14.5 Å². The highest BCUT2D eigenvalue weighted by atomic mass is 35.5. The number of piperazine rings is 1. The van der Waals surface area contributed by atoms with Gasteiger partial charge in [-0.05, 0) is 74.8 Å². The molecule has 2 heterocycles. The SMILES string of the molecule is Cc1cc(OCC2(CC(=O)N3CCN(C)CC3)CCCN(Cc3ccc(C(F)(F)F)cc3)C2)ccc1Cl. The van der Waals surface area contributed by atoms with Crippen LogP contribution in [0.5, 0.6) is 5.75 Å². The molecule has 0 saturated carbocycles. The van der Waals surface area contributed by atoms with Gasteiger partial charge in [0.05, 0.1) is 12.2 Å². The lowest BCUT2D eigenvalue weighted by atomic mass is 9.77. The van der Waals surface area contributed by atoms with Crippen molar-refractivity contribution >= 4 is 17.5 Å². The molecule has 4 rings (SSSR count). The second-order valence-electron chi connectivity index (χ2n) is 10.6. The van der Waals surface area contributed by atoms with E-state index in [0.717, 1.165) is 68.8 Å². The predicted molar refractivity (Wildman–Crippen MR) is 139 cm³/mol. The van der Waals surface area contributed by atoms with Crippen molar-refractivity contribution in [2.45, 2.75) is 38.9 Å². The van der Waals surface area contributed by atoms with Crippen molar-refractivity contribution < 1.29 is 22.7 Å². The van der Waals surface area contributed by atoms with Crippen LogP contribution in [0.2, 0.25) is 5.02 Å². The third-order valence-electron chi connectivity index (χ3n) is 7.48. The Morgan fingerprint density at radius 2 is 1.76 bits per heavy atom. The van der Waals surface area contributed by atoms with Gasteiger partial charge in [0.2, 0.25) is 5.91 Å². The van der Waals surface area contributed by atoms with Gasteiger partial charge in [0, 0.05) is 56.1 Å². The number of piperidine rings is 1. The fourth-order valence-electron chi connectivity index (χ4n) is 5.25. The maximum Gasteiger partial charge on any atom is 0.416 e. The van der Waals surface area contributed by atoms with Gasteiger partial charge in [0.1, 0.15) is 5.75 Å². The van der Waals surface area contributed by atoms with Crippen LogP contribution in [0.3, 0.4) is 0 Å². The number of hydrogen-bond acceptors (Lipinski definition) is 4. The van der Waals surface area contributed by atoms with Crippen LogP contribution in [-0.2, 0) is 17.5 Å². The third-order valence-corrected chi connectivity index (χ3v) is 7.91. The zero-order chi connectivity index (χ0) is 26.6. The lowest BCUT2D eigenvalue weighted by Gasteiger charge is -2.43. The number of nitrogens with zero attached hydrogens (tertiary/aromatic N) is 3. The molecule has 1 atom stereocenters. The number of amides is 1. The zero-order valence-electron chi connectivity index (χ0n) is 21.5. The van der Waals surface area contributed by atoms with E-state index in [1.54, 1.807) is 12.1 Å². The van der Waals surface area contributed by atoms with E-state index in [1.807, 2.05) is 30.0 Å². The molecular formula is C28H35ClF3N3O2. The number of carbonyl (C=O) groups is 1. The zero-order valence-corrected chi connectivity index (χ0v) is 22.2. The van der Waals surface area contributed by atoms with Gasteiger partial charge in [0.25, 0.3) is 0 Å². The number of hydrogen-bond donors (Lipinski definition) is 0. The van der Waals surface area contributed by atoms with E-state index < -0.39 is 17.2 Å². The molecule has 0 aliphatic carbocycles. The van der Waals surface area contributed by atoms with Gasteiger partial charge in [-0.3, -0.25) is 9.69 Å². The standard InChI is InChI=1S/C28H35ClF3N3O2/c1-21-16-24(8-9-25(21)29)37-20-27(17-26(36)35-14-12-33(2)13-15-35)10-3-11-34(19-27)18-22-4-6-23(7-5-22)28(30,31)32/h4-9,16H,3,10-15,17-20H2,1-2H3. The van der Waals surface area contributed by atoms with E-state index in [1.165, 1.54) is 0 Å². The highest BCUT2D eigenvalue weighted by Crippen LogP contribution is 2.37. The van der Waals surface area contributed by atoms with Crippen LogP contribution < -0.4 is 4.74 Å². The third kappa shape index (κ3) is 7.39. The molecule has 0 bridgehead atoms. The maximum absolute atomic E-state index is 13.4. The predicted octanol–water partition coefficient (Wildman–Crippen LogP) is 5.49. The van der Waals surface area contributed by atoms with Gasteiger partial charge in [-0.1, -0.05) is 23.7 Å². The second kappa shape index (κ2) is 11.6.